The topological polar surface area (TPSA) is 36.0 Å². The van der Waals surface area contributed by atoms with Crippen molar-refractivity contribution in [1.82, 2.24) is 0 Å². The predicted octanol–water partition coefficient (Wildman–Crippen LogP) is 33.3. The van der Waals surface area contributed by atoms with Crippen LogP contribution in [0, 0.1) is 0 Å². The number of para-hydroxylation sites is 5. The van der Waals surface area contributed by atoms with Gasteiger partial charge >= 0.3 is 0 Å². The van der Waals surface area contributed by atoms with Crippen molar-refractivity contribution in [3.63, 3.8) is 0 Å². The third-order valence-electron chi connectivity index (χ3n) is 23.9. The van der Waals surface area contributed by atoms with Gasteiger partial charge in [0.1, 0.15) is 22.3 Å². The largest absolute Gasteiger partial charge is 0.456 e. The highest BCUT2D eigenvalue weighted by atomic mass is 35.5. The number of fused-ring (bicyclic) bond motifs is 12. The number of rotatable bonds is 15. The van der Waals surface area contributed by atoms with E-state index >= 15 is 0 Å². The Bertz CT molecular complexity index is 6940. The molecule has 118 heavy (non-hydrogen) atoms. The first-order chi connectivity index (χ1) is 57.9. The average molecular weight is 1580 g/mol. The van der Waals surface area contributed by atoms with Crippen LogP contribution in [0.15, 0.2) is 409 Å². The van der Waals surface area contributed by atoms with Gasteiger partial charge in [-0.25, -0.2) is 0 Å². The second-order valence-corrected chi connectivity index (χ2v) is 32.2. The van der Waals surface area contributed by atoms with Crippen molar-refractivity contribution in [3.05, 3.63) is 438 Å². The Morgan fingerprint density at radius 3 is 1.36 bits per heavy atom. The highest BCUT2D eigenvalue weighted by Crippen LogP contribution is 2.56. The summed E-state index contributed by atoms with van der Waals surface area (Å²) in [6, 6.07) is 141. The van der Waals surface area contributed by atoms with Gasteiger partial charge < -0.3 is 23.5 Å². The first-order valence-electron chi connectivity index (χ1n) is 40.4. The molecule has 0 atom stereocenters. The van der Waals surface area contributed by atoms with Crippen molar-refractivity contribution in [2.75, 3.05) is 14.7 Å². The highest BCUT2D eigenvalue weighted by Gasteiger charge is 2.41. The van der Waals surface area contributed by atoms with E-state index in [0.29, 0.717) is 5.02 Å². The first kappa shape index (κ1) is 74.7. The Morgan fingerprint density at radius 2 is 0.661 bits per heavy atom. The number of furan rings is 2. The summed E-state index contributed by atoms with van der Waals surface area (Å²) < 4.78 is 12.6. The van der Waals surface area contributed by atoms with Gasteiger partial charge in [0, 0.05) is 93.0 Å². The molecular formula is C110H82Cl3N3O2. The van der Waals surface area contributed by atoms with E-state index in [9.17, 15) is 0 Å². The molecule has 0 bridgehead atoms. The molecule has 8 heteroatoms. The molecule has 0 N–H and O–H groups in total. The molecule has 0 spiro atoms. The molecule has 0 saturated heterocycles. The Morgan fingerprint density at radius 1 is 0.246 bits per heavy atom. The highest BCUT2D eigenvalue weighted by molar-refractivity contribution is 6.31. The molecule has 2 aliphatic carbocycles. The predicted molar refractivity (Wildman–Crippen MR) is 499 cm³/mol. The van der Waals surface area contributed by atoms with Gasteiger partial charge in [0.15, 0.2) is 0 Å². The lowest BCUT2D eigenvalue weighted by Crippen LogP contribution is -2.23. The molecule has 2 heterocycles. The molecule has 0 radical (unpaired) electrons. The van der Waals surface area contributed by atoms with Crippen molar-refractivity contribution in [2.24, 2.45) is 0 Å². The lowest BCUT2D eigenvalue weighted by Gasteiger charge is -2.31. The van der Waals surface area contributed by atoms with Crippen LogP contribution in [-0.2, 0) is 10.8 Å². The maximum atomic E-state index is 6.61. The van der Waals surface area contributed by atoms with E-state index < -0.39 is 0 Å². The van der Waals surface area contributed by atoms with E-state index in [1.807, 2.05) is 97.1 Å². The summed E-state index contributed by atoms with van der Waals surface area (Å²) in [5.74, 6) is 0. The molecule has 0 unspecified atom stereocenters. The normalized spacial score (nSPS) is 12.6. The van der Waals surface area contributed by atoms with E-state index in [1.165, 1.54) is 66.8 Å². The van der Waals surface area contributed by atoms with Crippen LogP contribution in [0.3, 0.4) is 0 Å². The Labute approximate surface area is 704 Å². The molecule has 0 amide bonds. The molecule has 17 aromatic carbocycles. The van der Waals surface area contributed by atoms with Crippen molar-refractivity contribution in [2.45, 2.75) is 51.4 Å². The minimum absolute atomic E-state index is 0.0454. The molecule has 5 nitrogen and oxygen atoms in total. The zero-order chi connectivity index (χ0) is 80.0. The second kappa shape index (κ2) is 31.7. The fourth-order valence-electron chi connectivity index (χ4n) is 18.1. The number of anilines is 9. The zero-order valence-electron chi connectivity index (χ0n) is 65.8. The monoisotopic (exact) mass is 1580 g/mol. The van der Waals surface area contributed by atoms with E-state index in [4.69, 9.17) is 43.6 Å². The number of benzene rings is 17. The molecule has 2 aliphatic rings. The Hall–Kier alpha value is -13.4. The Kier molecular flexibility index (Phi) is 20.0. The van der Waals surface area contributed by atoms with Crippen molar-refractivity contribution >= 4 is 130 Å². The molecule has 570 valence electrons. The van der Waals surface area contributed by atoms with Gasteiger partial charge in [0.2, 0.25) is 0 Å². The maximum Gasteiger partial charge on any atom is 0.143 e. The summed E-state index contributed by atoms with van der Waals surface area (Å²) in [4.78, 5) is 6.93. The third kappa shape index (κ3) is 13.7. The van der Waals surface area contributed by atoms with Crippen LogP contribution in [0.25, 0.3) is 111 Å². The number of halogens is 3. The molecule has 0 saturated carbocycles. The van der Waals surface area contributed by atoms with E-state index in [-0.39, 0.29) is 10.8 Å². The minimum Gasteiger partial charge on any atom is -0.456 e. The third-order valence-corrected chi connectivity index (χ3v) is 24.6. The van der Waals surface area contributed by atoms with Crippen molar-refractivity contribution in [3.8, 4) is 66.8 Å². The standard InChI is InChI=1S/C41H34ClN.C39H28ClNO.C30H20ClNO/c1-3-41(4-2)38-19-10-8-18-36(38)37-28-34(25-26-39(37)41)43(33-16-12-15-32(42)27-33)40-20-11-9-17-35(40)31-23-21-30(22-24-31)29-13-6-5-7-14-29;1-39(2)33-16-5-3-14-30(33)31-21-20-29(24-34(31)39)41(28-13-8-11-26(23-28)25-10-7-12-27(40)22-25)35-17-9-19-37-38(35)32-15-4-6-18-36(32)42-37;31-22-8-6-11-25(20-22)32(23-9-2-1-3-10-23)24-18-16-21(17-19-24)26-13-7-14-28-27-12-4-5-15-29(27)33-30(26)28/h5-28H,3-4H2,1-2H3;3-24H,1-2H3;1-20H. The summed E-state index contributed by atoms with van der Waals surface area (Å²) in [6.45, 7) is 9.30. The van der Waals surface area contributed by atoms with Crippen LogP contribution < -0.4 is 14.7 Å². The summed E-state index contributed by atoms with van der Waals surface area (Å²) in [7, 11) is 0. The lowest BCUT2D eigenvalue weighted by atomic mass is 9.74. The van der Waals surface area contributed by atoms with Crippen LogP contribution in [0.1, 0.15) is 62.8 Å². The van der Waals surface area contributed by atoms with E-state index in [2.05, 4.69) is 346 Å². The quantitative estimate of drug-likeness (QED) is 0.102. The van der Waals surface area contributed by atoms with Gasteiger partial charge in [-0.3, -0.25) is 0 Å². The van der Waals surface area contributed by atoms with E-state index in [1.54, 1.807) is 0 Å². The molecule has 21 rings (SSSR count). The van der Waals surface area contributed by atoms with Gasteiger partial charge in [-0.2, -0.15) is 0 Å². The summed E-state index contributed by atoms with van der Waals surface area (Å²) in [6.07, 6.45) is 2.15. The SMILES string of the molecule is CC1(C)c2ccccc2-c2ccc(N(c3cccc(-c4cccc(Cl)c4)c3)c3cccc4oc5ccccc5c34)cc21.CCC1(CC)c2ccccc2-c2cc(N(c3cccc(Cl)c3)c3ccccc3-c3ccc(-c4ccccc4)cc3)ccc21.Clc1cccc(N(c2ccccc2)c2ccc(-c3cccc4c3oc3ccccc34)cc2)c1. The molecule has 19 aromatic rings. The zero-order valence-corrected chi connectivity index (χ0v) is 68.1. The smallest absolute Gasteiger partial charge is 0.143 e. The molecule has 2 aromatic heterocycles. The first-order valence-corrected chi connectivity index (χ1v) is 41.5. The number of hydrogen-bond acceptors (Lipinski definition) is 5. The lowest BCUT2D eigenvalue weighted by molar-refractivity contribution is 0.490. The van der Waals surface area contributed by atoms with Gasteiger partial charge in [-0.1, -0.05) is 323 Å². The van der Waals surface area contributed by atoms with Crippen LogP contribution >= 0.6 is 34.8 Å². The minimum atomic E-state index is -0.107. The van der Waals surface area contributed by atoms with Crippen LogP contribution in [0.5, 0.6) is 0 Å². The van der Waals surface area contributed by atoms with Gasteiger partial charge in [0.05, 0.1) is 16.8 Å². The van der Waals surface area contributed by atoms with Crippen molar-refractivity contribution < 1.29 is 8.83 Å². The fourth-order valence-corrected chi connectivity index (χ4v) is 18.7. The van der Waals surface area contributed by atoms with Crippen molar-refractivity contribution in [1.29, 1.82) is 0 Å². The fraction of sp³-hybridized carbons (Fsp3) is 0.0727. The number of nitrogens with zero attached hydrogens (tertiary/aromatic N) is 3. The summed E-state index contributed by atoms with van der Waals surface area (Å²) in [5, 5.41) is 6.64. The second-order valence-electron chi connectivity index (χ2n) is 30.9. The van der Waals surface area contributed by atoms with E-state index in [0.717, 1.165) is 140 Å². The van der Waals surface area contributed by atoms with Gasteiger partial charge in [-0.05, 0) is 230 Å². The van der Waals surface area contributed by atoms with Crippen LogP contribution in [0.4, 0.5) is 51.2 Å². The maximum absolute atomic E-state index is 6.61. The summed E-state index contributed by atoms with van der Waals surface area (Å²) >= 11 is 19.3. The van der Waals surface area contributed by atoms with Crippen LogP contribution in [0.2, 0.25) is 15.1 Å². The van der Waals surface area contributed by atoms with Gasteiger partial charge in [0.25, 0.3) is 0 Å². The molecule has 0 aliphatic heterocycles. The molecule has 0 fully saturated rings. The molecular weight excluding hydrogens is 1500 g/mol. The average Bonchev–Trinajstić information content (AvgIpc) is 1.57. The summed E-state index contributed by atoms with van der Waals surface area (Å²) in [5.41, 5.74) is 33.2. The number of hydrogen-bond donors (Lipinski definition) is 0. The Balaban J connectivity index is 0.000000119. The van der Waals surface area contributed by atoms with Crippen LogP contribution in [-0.4, -0.2) is 0 Å². The van der Waals surface area contributed by atoms with Gasteiger partial charge in [-0.15, -0.1) is 0 Å².